The molecule has 1 rings (SSSR count). The van der Waals surface area contributed by atoms with Gasteiger partial charge in [-0.15, -0.1) is 0 Å². The van der Waals surface area contributed by atoms with Crippen LogP contribution in [-0.2, 0) is 11.0 Å². The molecular weight excluding hydrogens is 222 g/mol. The molecule has 0 aliphatic rings. The summed E-state index contributed by atoms with van der Waals surface area (Å²) >= 11 is 0. The quantitative estimate of drug-likeness (QED) is 0.879. The summed E-state index contributed by atoms with van der Waals surface area (Å²) in [5.41, 5.74) is 1.69. The summed E-state index contributed by atoms with van der Waals surface area (Å²) in [5, 5.41) is 0. The summed E-state index contributed by atoms with van der Waals surface area (Å²) in [5.74, 6) is 0. The van der Waals surface area contributed by atoms with Crippen LogP contribution < -0.4 is 4.72 Å². The summed E-state index contributed by atoms with van der Waals surface area (Å²) < 4.78 is 14.6. The van der Waals surface area contributed by atoms with Gasteiger partial charge in [-0.3, -0.25) is 9.97 Å². The van der Waals surface area contributed by atoms with Gasteiger partial charge in [-0.05, 0) is 34.6 Å². The van der Waals surface area contributed by atoms with Crippen LogP contribution in [0.2, 0.25) is 0 Å². The summed E-state index contributed by atoms with van der Waals surface area (Å²) in [7, 11) is -1.09. The topological polar surface area (TPSA) is 54.9 Å². The average Bonchev–Trinajstić information content (AvgIpc) is 2.17. The Bertz CT molecular complexity index is 370. The first-order valence-corrected chi connectivity index (χ1v) is 6.42. The van der Waals surface area contributed by atoms with Gasteiger partial charge in [0.15, 0.2) is 0 Å². The lowest BCUT2D eigenvalue weighted by Crippen LogP contribution is -2.35. The molecule has 0 amide bonds. The Morgan fingerprint density at radius 2 is 1.94 bits per heavy atom. The third-order valence-corrected chi connectivity index (χ3v) is 3.76. The van der Waals surface area contributed by atoms with E-state index in [0.29, 0.717) is 0 Å². The van der Waals surface area contributed by atoms with Crippen LogP contribution in [0.15, 0.2) is 12.4 Å². The molecular formula is C11H19N3OS. The Labute approximate surface area is 99.5 Å². The van der Waals surface area contributed by atoms with Crippen molar-refractivity contribution < 1.29 is 4.21 Å². The van der Waals surface area contributed by atoms with Gasteiger partial charge >= 0.3 is 0 Å². The van der Waals surface area contributed by atoms with Crippen LogP contribution in [-0.4, -0.2) is 18.9 Å². The molecule has 0 radical (unpaired) electrons. The molecule has 0 saturated heterocycles. The van der Waals surface area contributed by atoms with Crippen molar-refractivity contribution in [3.05, 3.63) is 23.8 Å². The molecule has 1 aromatic rings. The van der Waals surface area contributed by atoms with Gasteiger partial charge in [0.2, 0.25) is 0 Å². The van der Waals surface area contributed by atoms with E-state index in [0.717, 1.165) is 11.4 Å². The van der Waals surface area contributed by atoms with Gasteiger partial charge in [0.05, 0.1) is 39.4 Å². The Balaban J connectivity index is 2.69. The SMILES string of the molecule is Cc1cnc([C@@H](C)N[S@](=O)C(C)(C)C)cn1. The lowest BCUT2D eigenvalue weighted by atomic mass is 10.2. The molecule has 0 aliphatic heterocycles. The Morgan fingerprint density at radius 3 is 2.38 bits per heavy atom. The van der Waals surface area contributed by atoms with Crippen molar-refractivity contribution in [3.8, 4) is 0 Å². The third kappa shape index (κ3) is 3.64. The molecule has 90 valence electrons. The second-order valence-corrected chi connectivity index (χ2v) is 6.80. The van der Waals surface area contributed by atoms with E-state index < -0.39 is 11.0 Å². The summed E-state index contributed by atoms with van der Waals surface area (Å²) in [6.07, 6.45) is 3.43. The largest absolute Gasteiger partial charge is 0.258 e. The van der Waals surface area contributed by atoms with Gasteiger partial charge in [-0.25, -0.2) is 8.93 Å². The monoisotopic (exact) mass is 241 g/mol. The van der Waals surface area contributed by atoms with Crippen LogP contribution in [0.5, 0.6) is 0 Å². The fourth-order valence-corrected chi connectivity index (χ4v) is 1.82. The van der Waals surface area contributed by atoms with Crippen molar-refractivity contribution in [1.82, 2.24) is 14.7 Å². The van der Waals surface area contributed by atoms with Crippen LogP contribution >= 0.6 is 0 Å². The van der Waals surface area contributed by atoms with Gasteiger partial charge in [-0.2, -0.15) is 0 Å². The Hall–Kier alpha value is -0.810. The molecule has 0 aromatic carbocycles. The molecule has 5 heteroatoms. The maximum absolute atomic E-state index is 11.9. The lowest BCUT2D eigenvalue weighted by Gasteiger charge is -2.21. The number of nitrogens with one attached hydrogen (secondary N) is 1. The van der Waals surface area contributed by atoms with Gasteiger partial charge in [-0.1, -0.05) is 0 Å². The minimum atomic E-state index is -1.09. The highest BCUT2D eigenvalue weighted by molar-refractivity contribution is 7.84. The Morgan fingerprint density at radius 1 is 1.31 bits per heavy atom. The zero-order valence-corrected chi connectivity index (χ0v) is 11.3. The van der Waals surface area contributed by atoms with Gasteiger partial charge in [0.1, 0.15) is 0 Å². The van der Waals surface area contributed by atoms with Crippen LogP contribution in [0.3, 0.4) is 0 Å². The molecule has 0 unspecified atom stereocenters. The van der Waals surface area contributed by atoms with E-state index in [-0.39, 0.29) is 10.8 Å². The summed E-state index contributed by atoms with van der Waals surface area (Å²) in [6, 6.07) is -0.0619. The highest BCUT2D eigenvalue weighted by Gasteiger charge is 2.22. The molecule has 0 aliphatic carbocycles. The number of aromatic nitrogens is 2. The zero-order valence-electron chi connectivity index (χ0n) is 10.4. The van der Waals surface area contributed by atoms with E-state index in [2.05, 4.69) is 14.7 Å². The van der Waals surface area contributed by atoms with Crippen LogP contribution in [0.1, 0.15) is 45.1 Å². The van der Waals surface area contributed by atoms with E-state index in [4.69, 9.17) is 0 Å². The predicted molar refractivity (Wildman–Crippen MR) is 66.2 cm³/mol. The normalized spacial score (nSPS) is 15.8. The highest BCUT2D eigenvalue weighted by Crippen LogP contribution is 2.14. The number of rotatable bonds is 3. The van der Waals surface area contributed by atoms with Crippen LogP contribution in [0, 0.1) is 6.92 Å². The van der Waals surface area contributed by atoms with E-state index in [1.165, 1.54) is 0 Å². The van der Waals surface area contributed by atoms with E-state index in [1.54, 1.807) is 12.4 Å². The van der Waals surface area contributed by atoms with Crippen molar-refractivity contribution in [2.24, 2.45) is 0 Å². The summed E-state index contributed by atoms with van der Waals surface area (Å²) in [4.78, 5) is 8.42. The van der Waals surface area contributed by atoms with Crippen molar-refractivity contribution >= 4 is 11.0 Å². The van der Waals surface area contributed by atoms with Crippen molar-refractivity contribution in [1.29, 1.82) is 0 Å². The molecule has 1 N–H and O–H groups in total. The Kier molecular flexibility index (Phi) is 4.15. The second-order valence-electron chi connectivity index (χ2n) is 4.80. The van der Waals surface area contributed by atoms with Crippen molar-refractivity contribution in [3.63, 3.8) is 0 Å². The molecule has 0 spiro atoms. The van der Waals surface area contributed by atoms with Crippen LogP contribution in [0.4, 0.5) is 0 Å². The molecule has 0 fully saturated rings. The minimum Gasteiger partial charge on any atom is -0.258 e. The zero-order chi connectivity index (χ0) is 12.3. The predicted octanol–water partition coefficient (Wildman–Crippen LogP) is 1.90. The third-order valence-electron chi connectivity index (χ3n) is 2.08. The maximum atomic E-state index is 11.9. The van der Waals surface area contributed by atoms with Gasteiger partial charge < -0.3 is 0 Å². The fourth-order valence-electron chi connectivity index (χ4n) is 1.02. The lowest BCUT2D eigenvalue weighted by molar-refractivity contribution is 0.610. The molecule has 1 aromatic heterocycles. The maximum Gasteiger partial charge on any atom is 0.0976 e. The number of aryl methyl sites for hydroxylation is 1. The smallest absolute Gasteiger partial charge is 0.0976 e. The molecule has 1 heterocycles. The summed E-state index contributed by atoms with van der Waals surface area (Å²) in [6.45, 7) is 9.63. The van der Waals surface area contributed by atoms with E-state index in [1.807, 2.05) is 34.6 Å². The van der Waals surface area contributed by atoms with Crippen molar-refractivity contribution in [2.45, 2.75) is 45.4 Å². The van der Waals surface area contributed by atoms with E-state index in [9.17, 15) is 4.21 Å². The van der Waals surface area contributed by atoms with Crippen LogP contribution in [0.25, 0.3) is 0 Å². The first-order valence-electron chi connectivity index (χ1n) is 5.27. The fraction of sp³-hybridized carbons (Fsp3) is 0.636. The molecule has 2 atom stereocenters. The standard InChI is InChI=1S/C11H19N3OS/c1-8-6-13-10(7-12-8)9(2)14-16(15)11(3,4)5/h6-7,9,14H,1-5H3/t9-,16-/m1/s1. The second kappa shape index (κ2) is 5.01. The van der Waals surface area contributed by atoms with Gasteiger partial charge in [0.25, 0.3) is 0 Å². The van der Waals surface area contributed by atoms with E-state index >= 15 is 0 Å². The molecule has 0 bridgehead atoms. The average molecular weight is 241 g/mol. The first-order chi connectivity index (χ1) is 7.30. The van der Waals surface area contributed by atoms with Crippen molar-refractivity contribution in [2.75, 3.05) is 0 Å². The first kappa shape index (κ1) is 13.3. The molecule has 0 saturated carbocycles. The number of nitrogens with zero attached hydrogens (tertiary/aromatic N) is 2. The molecule has 16 heavy (non-hydrogen) atoms. The number of hydrogen-bond donors (Lipinski definition) is 1. The van der Waals surface area contributed by atoms with Gasteiger partial charge in [0, 0.05) is 6.20 Å². The highest BCUT2D eigenvalue weighted by atomic mass is 32.2. The molecule has 4 nitrogen and oxygen atoms in total. The number of hydrogen-bond acceptors (Lipinski definition) is 3. The minimum absolute atomic E-state index is 0.0619.